The second-order valence-corrected chi connectivity index (χ2v) is 21.0. The van der Waals surface area contributed by atoms with Crippen molar-refractivity contribution < 1.29 is 0 Å². The molecule has 0 aromatic rings. The van der Waals surface area contributed by atoms with E-state index in [4.69, 9.17) is 11.1 Å². The SMILES string of the molecule is C[Si](C)(Cl)CCCCCCCCCCCCCCCCCCCCCCCCCCCCCCCCCCS. The molecule has 0 aromatic heterocycles. The van der Waals surface area contributed by atoms with Gasteiger partial charge in [0.15, 0.2) is 0 Å². The molecule has 0 fully saturated rings. The fraction of sp³-hybridized carbons (Fsp3) is 1.00. The summed E-state index contributed by atoms with van der Waals surface area (Å²) < 4.78 is 0. The molecule has 0 spiro atoms. The van der Waals surface area contributed by atoms with E-state index in [2.05, 4.69) is 25.7 Å². The molecule has 0 rings (SSSR count). The highest BCUT2D eigenvalue weighted by molar-refractivity contribution is 7.80. The first-order valence-electron chi connectivity index (χ1n) is 18.4. The van der Waals surface area contributed by atoms with Crippen LogP contribution in [0.2, 0.25) is 19.1 Å². The number of hydrogen-bond acceptors (Lipinski definition) is 1. The van der Waals surface area contributed by atoms with Gasteiger partial charge < -0.3 is 0 Å². The van der Waals surface area contributed by atoms with Crippen molar-refractivity contribution in [1.29, 1.82) is 0 Å². The molecule has 0 aliphatic heterocycles. The minimum atomic E-state index is -1.31. The van der Waals surface area contributed by atoms with Crippen LogP contribution in [0.1, 0.15) is 205 Å². The largest absolute Gasteiger partial charge is 0.179 e. The van der Waals surface area contributed by atoms with E-state index in [0.717, 1.165) is 5.75 Å². The summed E-state index contributed by atoms with van der Waals surface area (Å²) in [5, 5.41) is 0. The van der Waals surface area contributed by atoms with Gasteiger partial charge in [0.1, 0.15) is 7.38 Å². The molecular formula is C36H75ClSSi. The number of rotatable bonds is 34. The van der Waals surface area contributed by atoms with E-state index in [0.29, 0.717) is 0 Å². The van der Waals surface area contributed by atoms with Crippen molar-refractivity contribution in [2.75, 3.05) is 5.75 Å². The predicted molar refractivity (Wildman–Crippen MR) is 190 cm³/mol. The van der Waals surface area contributed by atoms with Crippen molar-refractivity contribution in [1.82, 2.24) is 0 Å². The Morgan fingerprint density at radius 2 is 0.462 bits per heavy atom. The summed E-state index contributed by atoms with van der Waals surface area (Å²) in [6.45, 7) is 4.55. The quantitative estimate of drug-likeness (QED) is 0.0322. The molecule has 0 amide bonds. The topological polar surface area (TPSA) is 0 Å². The highest BCUT2D eigenvalue weighted by Crippen LogP contribution is 2.20. The summed E-state index contributed by atoms with van der Waals surface area (Å²) in [6, 6.07) is 1.30. The summed E-state index contributed by atoms with van der Waals surface area (Å²) >= 11 is 10.7. The van der Waals surface area contributed by atoms with Crippen molar-refractivity contribution >= 4 is 31.1 Å². The maximum Gasteiger partial charge on any atom is 0.150 e. The summed E-state index contributed by atoms with van der Waals surface area (Å²) in [4.78, 5) is 0. The van der Waals surface area contributed by atoms with Crippen LogP contribution in [0.5, 0.6) is 0 Å². The number of halogens is 1. The number of unbranched alkanes of at least 4 members (excludes halogenated alkanes) is 31. The van der Waals surface area contributed by atoms with E-state index in [1.807, 2.05) is 0 Å². The van der Waals surface area contributed by atoms with Crippen LogP contribution in [0.3, 0.4) is 0 Å². The Hall–Kier alpha value is 0.857. The second-order valence-electron chi connectivity index (χ2n) is 13.5. The van der Waals surface area contributed by atoms with Crippen LogP contribution in [-0.4, -0.2) is 13.1 Å². The van der Waals surface area contributed by atoms with Gasteiger partial charge in [0.25, 0.3) is 0 Å². The molecule has 0 N–H and O–H groups in total. The van der Waals surface area contributed by atoms with Gasteiger partial charge in [-0.05, 0) is 18.2 Å². The molecule has 0 aliphatic rings. The predicted octanol–water partition coefficient (Wildman–Crippen LogP) is 14.8. The van der Waals surface area contributed by atoms with Crippen LogP contribution in [0.15, 0.2) is 0 Å². The first-order valence-corrected chi connectivity index (χ1v) is 23.2. The smallest absolute Gasteiger partial charge is 0.150 e. The van der Waals surface area contributed by atoms with Crippen molar-refractivity contribution in [2.45, 2.75) is 225 Å². The third kappa shape index (κ3) is 38.9. The highest BCUT2D eigenvalue weighted by Gasteiger charge is 2.15. The Kier molecular flexibility index (Phi) is 34.1. The van der Waals surface area contributed by atoms with Crippen LogP contribution in [-0.2, 0) is 0 Å². The van der Waals surface area contributed by atoms with Crippen molar-refractivity contribution in [2.24, 2.45) is 0 Å². The second kappa shape index (κ2) is 33.4. The zero-order valence-corrected chi connectivity index (χ0v) is 30.0. The molecule has 0 nitrogen and oxygen atoms in total. The Morgan fingerprint density at radius 1 is 0.308 bits per heavy atom. The summed E-state index contributed by atoms with van der Waals surface area (Å²) in [5.74, 6) is 1.07. The Labute approximate surface area is 260 Å². The van der Waals surface area contributed by atoms with Crippen LogP contribution in [0, 0.1) is 0 Å². The molecule has 236 valence electrons. The van der Waals surface area contributed by atoms with Crippen molar-refractivity contribution in [3.05, 3.63) is 0 Å². The average molecular weight is 604 g/mol. The summed E-state index contributed by atoms with van der Waals surface area (Å²) in [5.41, 5.74) is 0. The molecule has 0 bridgehead atoms. The fourth-order valence-corrected chi connectivity index (χ4v) is 7.68. The molecule has 3 heteroatoms. The molecular weight excluding hydrogens is 528 g/mol. The minimum Gasteiger partial charge on any atom is -0.179 e. The summed E-state index contributed by atoms with van der Waals surface area (Å²) in [6.07, 6.45) is 46.7. The van der Waals surface area contributed by atoms with Gasteiger partial charge in [0.05, 0.1) is 0 Å². The minimum absolute atomic E-state index is 1.07. The van der Waals surface area contributed by atoms with E-state index in [1.54, 1.807) is 0 Å². The maximum atomic E-state index is 6.39. The molecule has 0 atom stereocenters. The Morgan fingerprint density at radius 3 is 0.615 bits per heavy atom. The zero-order valence-electron chi connectivity index (χ0n) is 27.4. The molecule has 0 aromatic carbocycles. The van der Waals surface area contributed by atoms with E-state index < -0.39 is 7.38 Å². The van der Waals surface area contributed by atoms with Crippen molar-refractivity contribution in [3.8, 4) is 0 Å². The van der Waals surface area contributed by atoms with E-state index in [9.17, 15) is 0 Å². The van der Waals surface area contributed by atoms with Gasteiger partial charge in [0.2, 0.25) is 0 Å². The molecule has 0 aliphatic carbocycles. The molecule has 0 unspecified atom stereocenters. The van der Waals surface area contributed by atoms with Gasteiger partial charge >= 0.3 is 0 Å². The Bertz CT molecular complexity index is 436. The molecule has 0 saturated heterocycles. The van der Waals surface area contributed by atoms with Crippen LogP contribution < -0.4 is 0 Å². The lowest BCUT2D eigenvalue weighted by atomic mass is 10.0. The monoisotopic (exact) mass is 603 g/mol. The third-order valence-electron chi connectivity index (χ3n) is 8.68. The summed E-state index contributed by atoms with van der Waals surface area (Å²) in [7, 11) is -1.31. The van der Waals surface area contributed by atoms with Gasteiger partial charge in [0, 0.05) is 0 Å². The standard InChI is InChI=1S/C36H75ClSSi/c1-39(2,37)36-34-32-30-28-26-24-22-20-18-16-14-12-10-8-6-4-3-5-7-9-11-13-15-17-19-21-23-25-27-29-31-33-35-38/h38H,3-36H2,1-2H3. The van der Waals surface area contributed by atoms with Crippen LogP contribution in [0.25, 0.3) is 0 Å². The lowest BCUT2D eigenvalue weighted by Gasteiger charge is -2.11. The molecule has 39 heavy (non-hydrogen) atoms. The van der Waals surface area contributed by atoms with Gasteiger partial charge in [-0.25, -0.2) is 0 Å². The highest BCUT2D eigenvalue weighted by atomic mass is 35.6. The Balaban J connectivity index is 3.04. The average Bonchev–Trinajstić information content (AvgIpc) is 2.90. The third-order valence-corrected chi connectivity index (χ3v) is 11.1. The molecule has 0 heterocycles. The first kappa shape index (κ1) is 39.9. The van der Waals surface area contributed by atoms with Gasteiger partial charge in [-0.3, -0.25) is 0 Å². The van der Waals surface area contributed by atoms with Gasteiger partial charge in [-0.2, -0.15) is 23.7 Å². The lowest BCUT2D eigenvalue weighted by molar-refractivity contribution is 0.512. The van der Waals surface area contributed by atoms with Crippen molar-refractivity contribution in [3.63, 3.8) is 0 Å². The van der Waals surface area contributed by atoms with Crippen LogP contribution >= 0.6 is 23.7 Å². The molecule has 0 radical (unpaired) electrons. The molecule has 0 saturated carbocycles. The van der Waals surface area contributed by atoms with E-state index >= 15 is 0 Å². The van der Waals surface area contributed by atoms with Gasteiger partial charge in [-0.15, -0.1) is 0 Å². The van der Waals surface area contributed by atoms with Gasteiger partial charge in [-0.1, -0.05) is 212 Å². The van der Waals surface area contributed by atoms with Crippen LogP contribution in [0.4, 0.5) is 0 Å². The van der Waals surface area contributed by atoms with E-state index in [-0.39, 0.29) is 0 Å². The lowest BCUT2D eigenvalue weighted by Crippen LogP contribution is -2.14. The number of hydrogen-bond donors (Lipinski definition) is 1. The number of thiol groups is 1. The van der Waals surface area contributed by atoms with E-state index in [1.165, 1.54) is 212 Å². The normalized spacial score (nSPS) is 12.0. The zero-order chi connectivity index (χ0) is 28.5. The fourth-order valence-electron chi connectivity index (χ4n) is 5.96. The first-order chi connectivity index (χ1) is 19.1. The maximum absolute atomic E-state index is 6.39.